The second-order valence-electron chi connectivity index (χ2n) is 4.72. The molecule has 0 atom stereocenters. The highest BCUT2D eigenvalue weighted by Crippen LogP contribution is 2.36. The van der Waals surface area contributed by atoms with Crippen molar-refractivity contribution in [1.29, 1.82) is 0 Å². The first-order valence-corrected chi connectivity index (χ1v) is 8.57. The van der Waals surface area contributed by atoms with Crippen LogP contribution >= 0.6 is 15.9 Å². The van der Waals surface area contributed by atoms with Crippen molar-refractivity contribution in [3.05, 3.63) is 32.8 Å². The number of halogens is 1. The van der Waals surface area contributed by atoms with Crippen molar-refractivity contribution in [2.75, 3.05) is 6.54 Å². The Bertz CT molecular complexity index is 628. The molecule has 1 fully saturated rings. The zero-order valence-corrected chi connectivity index (χ0v) is 13.4. The summed E-state index contributed by atoms with van der Waals surface area (Å²) in [4.78, 5) is 10.2. The first-order chi connectivity index (χ1) is 9.37. The summed E-state index contributed by atoms with van der Waals surface area (Å²) in [7, 11) is -3.84. The topological polar surface area (TPSA) is 80.5 Å². The SMILES string of the molecule is CCCN(C1CC1)S(=O)(=O)c1cc(Br)ccc1[N+](=O)[O-]. The molecule has 110 valence electrons. The van der Waals surface area contributed by atoms with Crippen molar-refractivity contribution in [1.82, 2.24) is 4.31 Å². The maximum Gasteiger partial charge on any atom is 0.289 e. The third-order valence-electron chi connectivity index (χ3n) is 3.10. The summed E-state index contributed by atoms with van der Waals surface area (Å²) >= 11 is 3.17. The van der Waals surface area contributed by atoms with Crippen LogP contribution in [0.3, 0.4) is 0 Å². The number of nitro benzene ring substituents is 1. The molecule has 0 bridgehead atoms. The van der Waals surface area contributed by atoms with Crippen LogP contribution in [-0.2, 0) is 10.0 Å². The van der Waals surface area contributed by atoms with Crippen molar-refractivity contribution < 1.29 is 13.3 Å². The molecule has 1 aliphatic carbocycles. The van der Waals surface area contributed by atoms with Crippen LogP contribution in [0.1, 0.15) is 26.2 Å². The van der Waals surface area contributed by atoms with Gasteiger partial charge in [-0.05, 0) is 31.4 Å². The number of hydrogen-bond donors (Lipinski definition) is 0. The first kappa shape index (κ1) is 15.4. The lowest BCUT2D eigenvalue weighted by molar-refractivity contribution is -0.387. The molecule has 8 heteroatoms. The van der Waals surface area contributed by atoms with Gasteiger partial charge in [0.2, 0.25) is 10.0 Å². The van der Waals surface area contributed by atoms with E-state index in [9.17, 15) is 18.5 Å². The van der Waals surface area contributed by atoms with Gasteiger partial charge in [-0.25, -0.2) is 8.42 Å². The van der Waals surface area contributed by atoms with E-state index in [1.54, 1.807) is 0 Å². The summed E-state index contributed by atoms with van der Waals surface area (Å²) in [5, 5.41) is 11.1. The van der Waals surface area contributed by atoms with Gasteiger partial charge in [-0.2, -0.15) is 4.31 Å². The van der Waals surface area contributed by atoms with Gasteiger partial charge in [-0.15, -0.1) is 0 Å². The van der Waals surface area contributed by atoms with Gasteiger partial charge in [0.25, 0.3) is 5.69 Å². The number of sulfonamides is 1. The van der Waals surface area contributed by atoms with Crippen molar-refractivity contribution in [2.24, 2.45) is 0 Å². The van der Waals surface area contributed by atoms with Crippen LogP contribution in [0.25, 0.3) is 0 Å². The Morgan fingerprint density at radius 3 is 2.60 bits per heavy atom. The van der Waals surface area contributed by atoms with Gasteiger partial charge in [0, 0.05) is 23.1 Å². The summed E-state index contributed by atoms with van der Waals surface area (Å²) in [5.74, 6) is 0. The summed E-state index contributed by atoms with van der Waals surface area (Å²) in [5.41, 5.74) is -0.380. The van der Waals surface area contributed by atoms with Crippen molar-refractivity contribution in [2.45, 2.75) is 37.1 Å². The normalized spacial score (nSPS) is 15.6. The molecule has 0 spiro atoms. The lowest BCUT2D eigenvalue weighted by Gasteiger charge is -2.21. The summed E-state index contributed by atoms with van der Waals surface area (Å²) in [6.45, 7) is 2.27. The van der Waals surface area contributed by atoms with E-state index >= 15 is 0 Å². The van der Waals surface area contributed by atoms with E-state index in [1.807, 2.05) is 6.92 Å². The summed E-state index contributed by atoms with van der Waals surface area (Å²) in [6, 6.07) is 3.98. The van der Waals surface area contributed by atoms with Gasteiger partial charge in [-0.1, -0.05) is 22.9 Å². The highest BCUT2D eigenvalue weighted by atomic mass is 79.9. The van der Waals surface area contributed by atoms with E-state index in [0.717, 1.165) is 12.8 Å². The number of benzene rings is 1. The molecule has 0 heterocycles. The van der Waals surface area contributed by atoms with Gasteiger partial charge in [-0.3, -0.25) is 10.1 Å². The monoisotopic (exact) mass is 362 g/mol. The van der Waals surface area contributed by atoms with E-state index in [0.29, 0.717) is 17.4 Å². The van der Waals surface area contributed by atoms with E-state index in [-0.39, 0.29) is 16.6 Å². The van der Waals surface area contributed by atoms with Crippen LogP contribution in [0.15, 0.2) is 27.6 Å². The highest BCUT2D eigenvalue weighted by Gasteiger charge is 2.40. The Morgan fingerprint density at radius 1 is 1.45 bits per heavy atom. The maximum absolute atomic E-state index is 12.7. The minimum atomic E-state index is -3.84. The molecule has 6 nitrogen and oxygen atoms in total. The van der Waals surface area contributed by atoms with Crippen LogP contribution in [0.2, 0.25) is 0 Å². The summed E-state index contributed by atoms with van der Waals surface area (Å²) < 4.78 is 27.3. The number of nitrogens with zero attached hydrogens (tertiary/aromatic N) is 2. The predicted octanol–water partition coefficient (Wildman–Crippen LogP) is 2.92. The van der Waals surface area contributed by atoms with E-state index in [1.165, 1.54) is 22.5 Å². The fourth-order valence-electron chi connectivity index (χ4n) is 2.05. The Morgan fingerprint density at radius 2 is 2.10 bits per heavy atom. The highest BCUT2D eigenvalue weighted by molar-refractivity contribution is 9.10. The van der Waals surface area contributed by atoms with Gasteiger partial charge >= 0.3 is 0 Å². The Hall–Kier alpha value is -0.990. The second-order valence-corrected chi connectivity index (χ2v) is 7.49. The fraction of sp³-hybridized carbons (Fsp3) is 0.500. The van der Waals surface area contributed by atoms with Crippen LogP contribution in [0.4, 0.5) is 5.69 Å². The molecular weight excluding hydrogens is 348 g/mol. The van der Waals surface area contributed by atoms with E-state index < -0.39 is 14.9 Å². The molecule has 0 aliphatic heterocycles. The third-order valence-corrected chi connectivity index (χ3v) is 5.58. The van der Waals surface area contributed by atoms with Crippen molar-refractivity contribution in [3.8, 4) is 0 Å². The summed E-state index contributed by atoms with van der Waals surface area (Å²) in [6.07, 6.45) is 2.32. The average Bonchev–Trinajstić information content (AvgIpc) is 3.19. The molecule has 20 heavy (non-hydrogen) atoms. The van der Waals surface area contributed by atoms with Gasteiger partial charge in [0.05, 0.1) is 4.92 Å². The molecule has 1 aliphatic rings. The van der Waals surface area contributed by atoms with Gasteiger partial charge in [0.15, 0.2) is 4.90 Å². The Kier molecular flexibility index (Phi) is 4.46. The minimum Gasteiger partial charge on any atom is -0.258 e. The van der Waals surface area contributed by atoms with Crippen LogP contribution < -0.4 is 0 Å². The van der Waals surface area contributed by atoms with E-state index in [2.05, 4.69) is 15.9 Å². The van der Waals surface area contributed by atoms with Gasteiger partial charge in [0.1, 0.15) is 0 Å². The minimum absolute atomic E-state index is 0.0152. The molecule has 1 saturated carbocycles. The average molecular weight is 363 g/mol. The molecule has 0 unspecified atom stereocenters. The molecule has 0 radical (unpaired) electrons. The molecule has 0 saturated heterocycles. The number of nitro groups is 1. The molecule has 1 aromatic carbocycles. The largest absolute Gasteiger partial charge is 0.289 e. The first-order valence-electron chi connectivity index (χ1n) is 6.33. The third kappa shape index (κ3) is 3.02. The second kappa shape index (κ2) is 5.79. The fourth-order valence-corrected chi connectivity index (χ4v) is 4.53. The molecular formula is C12H15BrN2O4S. The zero-order chi connectivity index (χ0) is 14.9. The smallest absolute Gasteiger partial charge is 0.258 e. The van der Waals surface area contributed by atoms with Crippen molar-refractivity contribution >= 4 is 31.6 Å². The number of rotatable bonds is 6. The quantitative estimate of drug-likeness (QED) is 0.575. The predicted molar refractivity (Wildman–Crippen MR) is 78.0 cm³/mol. The van der Waals surface area contributed by atoms with Crippen LogP contribution in [0, 0.1) is 10.1 Å². The Balaban J connectivity index is 2.52. The number of hydrogen-bond acceptors (Lipinski definition) is 4. The standard InChI is InChI=1S/C12H15BrN2O4S/c1-2-7-14(10-4-5-10)20(18,19)12-8-9(13)3-6-11(12)15(16)17/h3,6,8,10H,2,4-5,7H2,1H3. The molecule has 0 amide bonds. The van der Waals surface area contributed by atoms with Crippen molar-refractivity contribution in [3.63, 3.8) is 0 Å². The lowest BCUT2D eigenvalue weighted by atomic mass is 10.3. The lowest BCUT2D eigenvalue weighted by Crippen LogP contribution is -2.34. The van der Waals surface area contributed by atoms with E-state index in [4.69, 9.17) is 0 Å². The maximum atomic E-state index is 12.7. The van der Waals surface area contributed by atoms with Crippen LogP contribution in [0.5, 0.6) is 0 Å². The molecule has 0 N–H and O–H groups in total. The molecule has 0 aromatic heterocycles. The molecule has 2 rings (SSSR count). The zero-order valence-electron chi connectivity index (χ0n) is 11.0. The molecule has 1 aromatic rings. The van der Waals surface area contributed by atoms with Gasteiger partial charge < -0.3 is 0 Å². The van der Waals surface area contributed by atoms with Crippen LogP contribution in [-0.4, -0.2) is 30.2 Å². The Labute approximate surface area is 126 Å².